The van der Waals surface area contributed by atoms with E-state index in [1.54, 1.807) is 12.1 Å². The molecule has 0 aliphatic heterocycles. The zero-order valence-corrected chi connectivity index (χ0v) is 14.9. The van der Waals surface area contributed by atoms with Crippen molar-refractivity contribution in [3.63, 3.8) is 0 Å². The van der Waals surface area contributed by atoms with Crippen molar-refractivity contribution in [2.24, 2.45) is 5.92 Å². The topological polar surface area (TPSA) is 98.5 Å². The number of ether oxygens (including phenoxy) is 1. The molecule has 0 saturated carbocycles. The minimum absolute atomic E-state index is 0.289. The van der Waals surface area contributed by atoms with Gasteiger partial charge in [-0.2, -0.15) is 0 Å². The van der Waals surface area contributed by atoms with Crippen LogP contribution in [0.4, 0.5) is 15.8 Å². The molecule has 0 aliphatic rings. The van der Waals surface area contributed by atoms with Gasteiger partial charge in [0.05, 0.1) is 16.2 Å². The van der Waals surface area contributed by atoms with Crippen molar-refractivity contribution in [2.75, 3.05) is 11.9 Å². The predicted octanol–water partition coefficient (Wildman–Crippen LogP) is 3.73. The number of hydrogen-bond acceptors (Lipinski definition) is 5. The number of amides is 1. The van der Waals surface area contributed by atoms with E-state index in [0.717, 1.165) is 30.2 Å². The zero-order chi connectivity index (χ0) is 20.0. The molecule has 8 heteroatoms. The highest BCUT2D eigenvalue weighted by Gasteiger charge is 2.15. The average molecular weight is 374 g/mol. The van der Waals surface area contributed by atoms with Crippen LogP contribution in [0.25, 0.3) is 0 Å². The number of nitrogens with zero attached hydrogens (tertiary/aromatic N) is 1. The van der Waals surface area contributed by atoms with Gasteiger partial charge < -0.3 is 10.1 Å². The van der Waals surface area contributed by atoms with Crippen LogP contribution >= 0.6 is 0 Å². The molecule has 2 aromatic carbocycles. The number of nitrogens with one attached hydrogen (secondary N) is 1. The lowest BCUT2D eigenvalue weighted by Gasteiger charge is -2.08. The summed E-state index contributed by atoms with van der Waals surface area (Å²) in [7, 11) is 0. The van der Waals surface area contributed by atoms with Crippen LogP contribution in [0.5, 0.6) is 0 Å². The monoisotopic (exact) mass is 374 g/mol. The molecule has 0 atom stereocenters. The van der Waals surface area contributed by atoms with Gasteiger partial charge in [-0.3, -0.25) is 14.9 Å². The molecule has 0 radical (unpaired) electrons. The Hall–Kier alpha value is -3.29. The van der Waals surface area contributed by atoms with Gasteiger partial charge in [-0.05, 0) is 36.1 Å². The normalized spacial score (nSPS) is 10.5. The van der Waals surface area contributed by atoms with E-state index in [0.29, 0.717) is 5.92 Å². The van der Waals surface area contributed by atoms with Gasteiger partial charge in [0.15, 0.2) is 6.61 Å². The van der Waals surface area contributed by atoms with E-state index < -0.39 is 29.2 Å². The van der Waals surface area contributed by atoms with Crippen molar-refractivity contribution in [1.82, 2.24) is 0 Å². The van der Waals surface area contributed by atoms with Crippen molar-refractivity contribution in [3.8, 4) is 0 Å². The molecule has 0 heterocycles. The second-order valence-corrected chi connectivity index (χ2v) is 6.34. The van der Waals surface area contributed by atoms with Crippen LogP contribution in [0.1, 0.15) is 29.8 Å². The highest BCUT2D eigenvalue weighted by molar-refractivity contribution is 5.95. The Kier molecular flexibility index (Phi) is 6.59. The van der Waals surface area contributed by atoms with Gasteiger partial charge in [0.1, 0.15) is 5.82 Å². The third kappa shape index (κ3) is 5.88. The van der Waals surface area contributed by atoms with Gasteiger partial charge >= 0.3 is 5.97 Å². The van der Waals surface area contributed by atoms with Gasteiger partial charge in [0, 0.05) is 12.1 Å². The first kappa shape index (κ1) is 20.0. The summed E-state index contributed by atoms with van der Waals surface area (Å²) in [5.74, 6) is -1.85. The largest absolute Gasteiger partial charge is 0.452 e. The fourth-order valence-electron chi connectivity index (χ4n) is 2.37. The molecule has 142 valence electrons. The zero-order valence-electron chi connectivity index (χ0n) is 14.9. The molecule has 0 unspecified atom stereocenters. The van der Waals surface area contributed by atoms with E-state index in [1.165, 1.54) is 0 Å². The van der Waals surface area contributed by atoms with Crippen LogP contribution < -0.4 is 5.32 Å². The van der Waals surface area contributed by atoms with Crippen molar-refractivity contribution in [2.45, 2.75) is 20.3 Å². The minimum Gasteiger partial charge on any atom is -0.452 e. The molecule has 2 aromatic rings. The maximum Gasteiger partial charge on any atom is 0.338 e. The Morgan fingerprint density at radius 3 is 2.44 bits per heavy atom. The summed E-state index contributed by atoms with van der Waals surface area (Å²) in [6, 6.07) is 9.59. The molecular formula is C19H19FN2O5. The molecule has 1 N–H and O–H groups in total. The average Bonchev–Trinajstić information content (AvgIpc) is 2.61. The molecule has 0 saturated heterocycles. The number of anilines is 1. The molecule has 27 heavy (non-hydrogen) atoms. The first-order valence-corrected chi connectivity index (χ1v) is 8.26. The number of nitro groups is 1. The predicted molar refractivity (Wildman–Crippen MR) is 97.0 cm³/mol. The highest BCUT2D eigenvalue weighted by atomic mass is 19.1. The molecule has 0 aliphatic carbocycles. The molecule has 0 bridgehead atoms. The maximum atomic E-state index is 13.6. The first-order valence-electron chi connectivity index (χ1n) is 8.26. The number of carbonyl (C=O) groups excluding carboxylic acids is 2. The molecule has 1 amide bonds. The lowest BCUT2D eigenvalue weighted by atomic mass is 10.0. The summed E-state index contributed by atoms with van der Waals surface area (Å²) in [6.45, 7) is 3.53. The van der Waals surface area contributed by atoms with E-state index in [1.807, 2.05) is 12.1 Å². The second-order valence-electron chi connectivity index (χ2n) is 6.34. The van der Waals surface area contributed by atoms with Gasteiger partial charge in [0.25, 0.3) is 11.6 Å². The van der Waals surface area contributed by atoms with Crippen LogP contribution in [-0.2, 0) is 16.0 Å². The molecule has 7 nitrogen and oxygen atoms in total. The third-order valence-electron chi connectivity index (χ3n) is 3.60. The Morgan fingerprint density at radius 1 is 1.19 bits per heavy atom. The number of carbonyl (C=O) groups is 2. The van der Waals surface area contributed by atoms with Crippen LogP contribution in [-0.4, -0.2) is 23.4 Å². The number of non-ortho nitro benzene ring substituents is 1. The minimum atomic E-state index is -0.832. The van der Waals surface area contributed by atoms with E-state index in [2.05, 4.69) is 19.2 Å². The second kappa shape index (κ2) is 8.88. The summed E-state index contributed by atoms with van der Waals surface area (Å²) >= 11 is 0. The summed E-state index contributed by atoms with van der Waals surface area (Å²) in [4.78, 5) is 33.8. The molecular weight excluding hydrogens is 355 g/mol. The maximum absolute atomic E-state index is 13.6. The molecule has 0 spiro atoms. The van der Waals surface area contributed by atoms with Crippen molar-refractivity contribution < 1.29 is 23.6 Å². The highest BCUT2D eigenvalue weighted by Crippen LogP contribution is 2.21. The lowest BCUT2D eigenvalue weighted by molar-refractivity contribution is -0.384. The van der Waals surface area contributed by atoms with E-state index in [9.17, 15) is 24.1 Å². The van der Waals surface area contributed by atoms with Gasteiger partial charge in [-0.15, -0.1) is 0 Å². The van der Waals surface area contributed by atoms with Crippen LogP contribution in [0, 0.1) is 21.8 Å². The Bertz CT molecular complexity index is 850. The SMILES string of the molecule is CC(C)Cc1ccc(C(=O)OCC(=O)Nc2cc([N+](=O)[O-])ccc2F)cc1. The summed E-state index contributed by atoms with van der Waals surface area (Å²) in [6.07, 6.45) is 0.881. The van der Waals surface area contributed by atoms with E-state index in [4.69, 9.17) is 4.74 Å². The van der Waals surface area contributed by atoms with Crippen LogP contribution in [0.3, 0.4) is 0 Å². The molecule has 0 fully saturated rings. The fraction of sp³-hybridized carbons (Fsp3) is 0.263. The Balaban J connectivity index is 1.92. The van der Waals surface area contributed by atoms with Crippen LogP contribution in [0.2, 0.25) is 0 Å². The van der Waals surface area contributed by atoms with Gasteiger partial charge in [-0.1, -0.05) is 26.0 Å². The number of hydrogen-bond donors (Lipinski definition) is 1. The Labute approximate surface area is 155 Å². The summed E-state index contributed by atoms with van der Waals surface area (Å²) in [5, 5.41) is 12.9. The van der Waals surface area contributed by atoms with Crippen molar-refractivity contribution >= 4 is 23.3 Å². The Morgan fingerprint density at radius 2 is 1.85 bits per heavy atom. The number of rotatable bonds is 7. The molecule has 2 rings (SSSR count). The van der Waals surface area contributed by atoms with Crippen LogP contribution in [0.15, 0.2) is 42.5 Å². The summed E-state index contributed by atoms with van der Waals surface area (Å²) < 4.78 is 18.5. The van der Waals surface area contributed by atoms with Gasteiger partial charge in [0.2, 0.25) is 0 Å². The number of halogens is 1. The number of benzene rings is 2. The number of nitro benzene ring substituents is 1. The van der Waals surface area contributed by atoms with E-state index >= 15 is 0 Å². The van der Waals surface area contributed by atoms with Crippen molar-refractivity contribution in [1.29, 1.82) is 0 Å². The van der Waals surface area contributed by atoms with Gasteiger partial charge in [-0.25, -0.2) is 9.18 Å². The smallest absolute Gasteiger partial charge is 0.338 e. The standard InChI is InChI=1S/C19H19FN2O5/c1-12(2)9-13-3-5-14(6-4-13)19(24)27-11-18(23)21-17-10-15(22(25)26)7-8-16(17)20/h3-8,10,12H,9,11H2,1-2H3,(H,21,23). The first-order chi connectivity index (χ1) is 12.8. The number of esters is 1. The quantitative estimate of drug-likeness (QED) is 0.452. The van der Waals surface area contributed by atoms with E-state index in [-0.39, 0.29) is 16.9 Å². The third-order valence-corrected chi connectivity index (χ3v) is 3.60. The van der Waals surface area contributed by atoms with Crippen molar-refractivity contribution in [3.05, 3.63) is 69.5 Å². The molecule has 0 aromatic heterocycles. The summed E-state index contributed by atoms with van der Waals surface area (Å²) in [5.41, 5.74) is 0.644. The lowest BCUT2D eigenvalue weighted by Crippen LogP contribution is -2.21. The fourth-order valence-corrected chi connectivity index (χ4v) is 2.37.